The van der Waals surface area contributed by atoms with Crippen LogP contribution < -0.4 is 11.1 Å². The zero-order valence-corrected chi connectivity index (χ0v) is 15.0. The van der Waals surface area contributed by atoms with Crippen molar-refractivity contribution in [2.45, 2.75) is 46.3 Å². The number of ether oxygens (including phenoxy) is 1. The average molecular weight is 352 g/mol. The minimum absolute atomic E-state index is 0.317. The number of hydrogen-bond donors (Lipinski definition) is 2. The standard InChI is InChI=1S/C14H20N6O3S/c1-7(17-13(22)23-14(3,4)5)11-18-8(2)19-20(11)12-16-6-9(24-12)10(15)21/h6-7H,1-5H3,(H2,15,21)(H,17,22)/t7-/m0/s1. The number of carbonyl (C=O) groups excluding carboxylic acids is 2. The Morgan fingerprint density at radius 2 is 2.08 bits per heavy atom. The van der Waals surface area contributed by atoms with Crippen molar-refractivity contribution in [2.75, 3.05) is 0 Å². The smallest absolute Gasteiger partial charge is 0.408 e. The Kier molecular flexibility index (Phi) is 4.88. The molecule has 0 aliphatic rings. The first-order chi connectivity index (χ1) is 11.1. The zero-order valence-electron chi connectivity index (χ0n) is 14.2. The number of amides is 2. The lowest BCUT2D eigenvalue weighted by Crippen LogP contribution is -2.34. The van der Waals surface area contributed by atoms with Crippen molar-refractivity contribution in [3.8, 4) is 5.13 Å². The summed E-state index contributed by atoms with van der Waals surface area (Å²) in [5.74, 6) is 0.430. The van der Waals surface area contributed by atoms with Gasteiger partial charge in [-0.05, 0) is 34.6 Å². The van der Waals surface area contributed by atoms with Crippen molar-refractivity contribution < 1.29 is 14.3 Å². The molecule has 0 radical (unpaired) electrons. The predicted octanol–water partition coefficient (Wildman–Crippen LogP) is 1.72. The van der Waals surface area contributed by atoms with Crippen LogP contribution in [0.2, 0.25) is 0 Å². The second-order valence-electron chi connectivity index (χ2n) is 6.17. The van der Waals surface area contributed by atoms with E-state index in [4.69, 9.17) is 10.5 Å². The summed E-state index contributed by atoms with van der Waals surface area (Å²) in [7, 11) is 0. The molecule has 0 aromatic carbocycles. The molecule has 0 unspecified atom stereocenters. The van der Waals surface area contributed by atoms with Gasteiger partial charge >= 0.3 is 6.09 Å². The van der Waals surface area contributed by atoms with Crippen LogP contribution in [0.1, 0.15) is 55.1 Å². The number of hydrogen-bond acceptors (Lipinski definition) is 7. The second kappa shape index (κ2) is 6.56. The zero-order chi connectivity index (χ0) is 18.1. The van der Waals surface area contributed by atoms with Crippen molar-refractivity contribution in [3.05, 3.63) is 22.7 Å². The normalized spacial score (nSPS) is 12.7. The first-order valence-electron chi connectivity index (χ1n) is 7.26. The molecule has 0 aliphatic heterocycles. The number of aryl methyl sites for hydroxylation is 1. The van der Waals surface area contributed by atoms with Gasteiger partial charge in [-0.3, -0.25) is 4.79 Å². The minimum Gasteiger partial charge on any atom is -0.444 e. The van der Waals surface area contributed by atoms with E-state index in [2.05, 4.69) is 20.4 Å². The molecule has 2 heterocycles. The Morgan fingerprint density at radius 3 is 2.62 bits per heavy atom. The maximum absolute atomic E-state index is 11.9. The molecule has 0 aliphatic carbocycles. The summed E-state index contributed by atoms with van der Waals surface area (Å²) >= 11 is 1.10. The molecule has 2 aromatic heterocycles. The third-order valence-electron chi connectivity index (χ3n) is 2.78. The first-order valence-corrected chi connectivity index (χ1v) is 8.07. The van der Waals surface area contributed by atoms with Crippen LogP contribution in [0.25, 0.3) is 5.13 Å². The van der Waals surface area contributed by atoms with E-state index in [1.165, 1.54) is 10.9 Å². The van der Waals surface area contributed by atoms with E-state index in [-0.39, 0.29) is 0 Å². The summed E-state index contributed by atoms with van der Waals surface area (Å²) in [4.78, 5) is 31.9. The Labute approximate surface area is 143 Å². The van der Waals surface area contributed by atoms with Gasteiger partial charge in [-0.25, -0.2) is 14.8 Å². The fraction of sp³-hybridized carbons (Fsp3) is 0.500. The van der Waals surface area contributed by atoms with Gasteiger partial charge in [0.1, 0.15) is 16.3 Å². The van der Waals surface area contributed by atoms with Crippen LogP contribution in [-0.2, 0) is 4.74 Å². The molecule has 0 saturated heterocycles. The molecule has 3 N–H and O–H groups in total. The Balaban J connectivity index is 2.24. The predicted molar refractivity (Wildman–Crippen MR) is 88.1 cm³/mol. The molecule has 0 spiro atoms. The monoisotopic (exact) mass is 352 g/mol. The van der Waals surface area contributed by atoms with Gasteiger partial charge in [0, 0.05) is 0 Å². The summed E-state index contributed by atoms with van der Waals surface area (Å²) < 4.78 is 6.72. The summed E-state index contributed by atoms with van der Waals surface area (Å²) in [5, 5.41) is 7.41. The maximum atomic E-state index is 11.9. The third kappa shape index (κ3) is 4.28. The highest BCUT2D eigenvalue weighted by Crippen LogP contribution is 2.21. The average Bonchev–Trinajstić information content (AvgIpc) is 3.01. The van der Waals surface area contributed by atoms with Gasteiger partial charge in [0.05, 0.1) is 12.2 Å². The van der Waals surface area contributed by atoms with Gasteiger partial charge in [0.25, 0.3) is 5.91 Å². The van der Waals surface area contributed by atoms with Crippen LogP contribution in [0.5, 0.6) is 0 Å². The third-order valence-corrected chi connectivity index (χ3v) is 3.76. The SMILES string of the molecule is Cc1nc([C@H](C)NC(=O)OC(C)(C)C)n(-c2ncc(C(N)=O)s2)n1. The number of nitrogens with one attached hydrogen (secondary N) is 1. The van der Waals surface area contributed by atoms with Gasteiger partial charge in [0.15, 0.2) is 5.82 Å². The van der Waals surface area contributed by atoms with Crippen LogP contribution in [0, 0.1) is 6.92 Å². The van der Waals surface area contributed by atoms with Crippen LogP contribution in [-0.4, -0.2) is 37.3 Å². The van der Waals surface area contributed by atoms with Gasteiger partial charge < -0.3 is 15.8 Å². The Morgan fingerprint density at radius 1 is 1.42 bits per heavy atom. The first kappa shape index (κ1) is 17.9. The summed E-state index contributed by atoms with van der Waals surface area (Å²) in [5.41, 5.74) is 4.65. The van der Waals surface area contributed by atoms with E-state index >= 15 is 0 Å². The fourth-order valence-electron chi connectivity index (χ4n) is 1.88. The molecule has 1 atom stereocenters. The molecule has 130 valence electrons. The number of nitrogens with zero attached hydrogens (tertiary/aromatic N) is 4. The van der Waals surface area contributed by atoms with Crippen LogP contribution >= 0.6 is 11.3 Å². The van der Waals surface area contributed by atoms with E-state index in [1.54, 1.807) is 34.6 Å². The van der Waals surface area contributed by atoms with Gasteiger partial charge in [-0.1, -0.05) is 11.3 Å². The van der Waals surface area contributed by atoms with Crippen LogP contribution in [0.3, 0.4) is 0 Å². The van der Waals surface area contributed by atoms with Crippen LogP contribution in [0.4, 0.5) is 4.79 Å². The van der Waals surface area contributed by atoms with Crippen molar-refractivity contribution in [3.63, 3.8) is 0 Å². The van der Waals surface area contributed by atoms with Crippen molar-refractivity contribution in [2.24, 2.45) is 5.73 Å². The molecular weight excluding hydrogens is 332 g/mol. The molecule has 0 fully saturated rings. The number of carbonyl (C=O) groups is 2. The lowest BCUT2D eigenvalue weighted by molar-refractivity contribution is 0.0505. The highest BCUT2D eigenvalue weighted by Gasteiger charge is 2.23. The van der Waals surface area contributed by atoms with E-state index in [0.717, 1.165) is 11.3 Å². The molecular formula is C14H20N6O3S. The second-order valence-corrected chi connectivity index (χ2v) is 7.18. The maximum Gasteiger partial charge on any atom is 0.408 e. The molecule has 2 rings (SSSR count). The van der Waals surface area contributed by atoms with E-state index < -0.39 is 23.6 Å². The van der Waals surface area contributed by atoms with E-state index in [9.17, 15) is 9.59 Å². The lowest BCUT2D eigenvalue weighted by Gasteiger charge is -2.21. The Bertz CT molecular complexity index is 761. The summed E-state index contributed by atoms with van der Waals surface area (Å²) in [6.45, 7) is 8.83. The fourth-order valence-corrected chi connectivity index (χ4v) is 2.61. The number of nitrogens with two attached hydrogens (primary N) is 1. The topological polar surface area (TPSA) is 125 Å². The molecule has 9 nitrogen and oxygen atoms in total. The van der Waals surface area contributed by atoms with E-state index in [1.807, 2.05) is 0 Å². The van der Waals surface area contributed by atoms with Crippen molar-refractivity contribution in [1.29, 1.82) is 0 Å². The van der Waals surface area contributed by atoms with Crippen molar-refractivity contribution in [1.82, 2.24) is 25.1 Å². The van der Waals surface area contributed by atoms with Gasteiger partial charge in [-0.2, -0.15) is 4.68 Å². The van der Waals surface area contributed by atoms with Gasteiger partial charge in [-0.15, -0.1) is 5.10 Å². The highest BCUT2D eigenvalue weighted by atomic mass is 32.1. The van der Waals surface area contributed by atoms with Gasteiger partial charge in [0.2, 0.25) is 5.13 Å². The molecule has 10 heteroatoms. The molecule has 2 aromatic rings. The highest BCUT2D eigenvalue weighted by molar-refractivity contribution is 7.16. The number of aromatic nitrogens is 4. The minimum atomic E-state index is -0.598. The lowest BCUT2D eigenvalue weighted by atomic mass is 10.2. The molecule has 0 saturated carbocycles. The van der Waals surface area contributed by atoms with E-state index in [0.29, 0.717) is 21.7 Å². The number of thiazole rings is 1. The van der Waals surface area contributed by atoms with Crippen molar-refractivity contribution >= 4 is 23.3 Å². The largest absolute Gasteiger partial charge is 0.444 e. The van der Waals surface area contributed by atoms with Crippen LogP contribution in [0.15, 0.2) is 6.20 Å². The Hall–Kier alpha value is -2.49. The number of primary amides is 1. The summed E-state index contributed by atoms with van der Waals surface area (Å²) in [6, 6.07) is -0.470. The quantitative estimate of drug-likeness (QED) is 0.863. The molecule has 0 bridgehead atoms. The number of rotatable bonds is 4. The summed E-state index contributed by atoms with van der Waals surface area (Å²) in [6.07, 6.45) is 0.828. The molecule has 2 amide bonds. The molecule has 24 heavy (non-hydrogen) atoms. The number of alkyl carbamates (subject to hydrolysis) is 1.